The number of rotatable bonds is 7. The lowest BCUT2D eigenvalue weighted by Crippen LogP contribution is -2.48. The summed E-state index contributed by atoms with van der Waals surface area (Å²) in [5.41, 5.74) is 6.65. The summed E-state index contributed by atoms with van der Waals surface area (Å²) in [4.78, 5) is 28.5. The number of aryl methyl sites for hydroxylation is 1. The average molecular weight is 414 g/mol. The highest BCUT2D eigenvalue weighted by molar-refractivity contribution is 6.06. The van der Waals surface area contributed by atoms with Crippen LogP contribution in [-0.4, -0.2) is 34.1 Å². The Morgan fingerprint density at radius 1 is 1.27 bits per heavy atom. The van der Waals surface area contributed by atoms with E-state index >= 15 is 0 Å². The van der Waals surface area contributed by atoms with Crippen molar-refractivity contribution in [3.05, 3.63) is 29.5 Å². The maximum absolute atomic E-state index is 12.5. The molecule has 1 aliphatic carbocycles. The van der Waals surface area contributed by atoms with E-state index in [1.165, 1.54) is 19.3 Å². The molecule has 0 saturated heterocycles. The monoisotopic (exact) mass is 413 g/mol. The first kappa shape index (κ1) is 21.9. The van der Waals surface area contributed by atoms with E-state index in [0.29, 0.717) is 34.7 Å². The molecule has 1 aromatic carbocycles. The van der Waals surface area contributed by atoms with Crippen molar-refractivity contribution in [3.8, 4) is 5.75 Å². The molecule has 162 valence electrons. The number of aromatic nitrogens is 1. The van der Waals surface area contributed by atoms with Gasteiger partial charge in [-0.3, -0.25) is 9.78 Å². The SMILES string of the molecule is Cc1nc2cccc(OCC(C)(C)NC(=O)CC3CCCCC3)c2c(N)c1C(=O)O. The molecule has 0 radical (unpaired) electrons. The number of nitrogens with two attached hydrogens (primary N) is 1. The Labute approximate surface area is 177 Å². The van der Waals surface area contributed by atoms with E-state index in [1.807, 2.05) is 13.8 Å². The van der Waals surface area contributed by atoms with Crippen LogP contribution < -0.4 is 15.8 Å². The molecule has 2 aromatic rings. The molecule has 7 heteroatoms. The number of nitrogen functional groups attached to an aromatic ring is 1. The topological polar surface area (TPSA) is 115 Å². The first-order valence-electron chi connectivity index (χ1n) is 10.5. The Balaban J connectivity index is 1.73. The number of aromatic carboxylic acids is 1. The summed E-state index contributed by atoms with van der Waals surface area (Å²) < 4.78 is 6.00. The number of nitrogens with zero attached hydrogens (tertiary/aromatic N) is 1. The summed E-state index contributed by atoms with van der Waals surface area (Å²) in [5.74, 6) is -0.158. The minimum Gasteiger partial charge on any atom is -0.490 e. The van der Waals surface area contributed by atoms with Crippen LogP contribution in [0.4, 0.5) is 5.69 Å². The molecule has 1 aliphatic rings. The van der Waals surface area contributed by atoms with Crippen molar-refractivity contribution in [2.24, 2.45) is 5.92 Å². The van der Waals surface area contributed by atoms with Crippen LogP contribution in [0.5, 0.6) is 5.75 Å². The third-order valence-electron chi connectivity index (χ3n) is 5.67. The van der Waals surface area contributed by atoms with Gasteiger partial charge in [-0.15, -0.1) is 0 Å². The van der Waals surface area contributed by atoms with E-state index in [9.17, 15) is 14.7 Å². The maximum atomic E-state index is 12.5. The number of hydrogen-bond donors (Lipinski definition) is 3. The van der Waals surface area contributed by atoms with Gasteiger partial charge in [0.25, 0.3) is 0 Å². The van der Waals surface area contributed by atoms with Gasteiger partial charge in [0.1, 0.15) is 17.9 Å². The van der Waals surface area contributed by atoms with Crippen LogP contribution in [0.25, 0.3) is 10.9 Å². The quantitative estimate of drug-likeness (QED) is 0.630. The summed E-state index contributed by atoms with van der Waals surface area (Å²) >= 11 is 0. The lowest BCUT2D eigenvalue weighted by atomic mass is 9.86. The minimum absolute atomic E-state index is 0.0152. The average Bonchev–Trinajstić information content (AvgIpc) is 2.66. The number of carbonyl (C=O) groups excluding carboxylic acids is 1. The molecular formula is C23H31N3O4. The summed E-state index contributed by atoms with van der Waals surface area (Å²) in [5, 5.41) is 13.0. The van der Waals surface area contributed by atoms with Gasteiger partial charge < -0.3 is 20.9 Å². The number of carboxylic acids is 1. The number of fused-ring (bicyclic) bond motifs is 1. The summed E-state index contributed by atoms with van der Waals surface area (Å²) in [7, 11) is 0. The van der Waals surface area contributed by atoms with Crippen LogP contribution in [0, 0.1) is 12.8 Å². The molecule has 1 aromatic heterocycles. The number of amides is 1. The molecule has 0 atom stereocenters. The molecule has 1 fully saturated rings. The molecule has 0 aliphatic heterocycles. The summed E-state index contributed by atoms with van der Waals surface area (Å²) in [6, 6.07) is 5.30. The van der Waals surface area contributed by atoms with Crippen LogP contribution in [0.2, 0.25) is 0 Å². The Morgan fingerprint density at radius 3 is 2.63 bits per heavy atom. The number of hydrogen-bond acceptors (Lipinski definition) is 5. The fourth-order valence-electron chi connectivity index (χ4n) is 4.21. The van der Waals surface area contributed by atoms with Crippen molar-refractivity contribution in [3.63, 3.8) is 0 Å². The Morgan fingerprint density at radius 2 is 1.97 bits per heavy atom. The van der Waals surface area contributed by atoms with Gasteiger partial charge in [0, 0.05) is 6.42 Å². The fraction of sp³-hybridized carbons (Fsp3) is 0.522. The first-order valence-corrected chi connectivity index (χ1v) is 10.5. The predicted molar refractivity (Wildman–Crippen MR) is 117 cm³/mol. The van der Waals surface area contributed by atoms with E-state index < -0.39 is 11.5 Å². The van der Waals surface area contributed by atoms with Crippen molar-refractivity contribution in [2.75, 3.05) is 12.3 Å². The molecule has 1 saturated carbocycles. The third-order valence-corrected chi connectivity index (χ3v) is 5.67. The van der Waals surface area contributed by atoms with E-state index in [1.54, 1.807) is 25.1 Å². The number of carboxylic acid groups (broad SMARTS) is 1. The Kier molecular flexibility index (Phi) is 6.48. The zero-order valence-electron chi connectivity index (χ0n) is 18.0. The molecule has 30 heavy (non-hydrogen) atoms. The van der Waals surface area contributed by atoms with Gasteiger partial charge in [0.05, 0.1) is 27.8 Å². The van der Waals surface area contributed by atoms with Crippen LogP contribution >= 0.6 is 0 Å². The molecule has 1 amide bonds. The zero-order valence-corrected chi connectivity index (χ0v) is 18.0. The number of benzene rings is 1. The second-order valence-electron chi connectivity index (χ2n) is 8.87. The number of ether oxygens (including phenoxy) is 1. The van der Waals surface area contributed by atoms with Gasteiger partial charge in [-0.2, -0.15) is 0 Å². The number of nitrogens with one attached hydrogen (secondary N) is 1. The molecule has 0 spiro atoms. The van der Waals surface area contributed by atoms with E-state index in [-0.39, 0.29) is 23.8 Å². The zero-order chi connectivity index (χ0) is 21.9. The van der Waals surface area contributed by atoms with Gasteiger partial charge in [-0.1, -0.05) is 25.3 Å². The number of carbonyl (C=O) groups is 2. The van der Waals surface area contributed by atoms with E-state index in [0.717, 1.165) is 12.8 Å². The van der Waals surface area contributed by atoms with Crippen molar-refractivity contribution >= 4 is 28.5 Å². The number of anilines is 1. The molecule has 3 rings (SSSR count). The smallest absolute Gasteiger partial charge is 0.339 e. The maximum Gasteiger partial charge on any atom is 0.339 e. The standard InChI is InChI=1S/C23H31N3O4/c1-14-19(22(28)29)21(24)20-16(25-14)10-7-11-17(20)30-13-23(2,3)26-18(27)12-15-8-5-4-6-9-15/h7,10-11,15H,4-6,8-9,12-13H2,1-3H3,(H2,24,25)(H,26,27)(H,28,29). The van der Waals surface area contributed by atoms with Crippen molar-refractivity contribution < 1.29 is 19.4 Å². The van der Waals surface area contributed by atoms with Crippen LogP contribution in [0.1, 0.15) is 68.4 Å². The van der Waals surface area contributed by atoms with Gasteiger partial charge in [-0.25, -0.2) is 4.79 Å². The van der Waals surface area contributed by atoms with E-state index in [4.69, 9.17) is 10.5 Å². The van der Waals surface area contributed by atoms with Crippen LogP contribution in [0.3, 0.4) is 0 Å². The normalized spacial score (nSPS) is 15.2. The van der Waals surface area contributed by atoms with Crippen LogP contribution in [-0.2, 0) is 4.79 Å². The third kappa shape index (κ3) is 5.01. The summed E-state index contributed by atoms with van der Waals surface area (Å²) in [6.45, 7) is 5.66. The predicted octanol–water partition coefficient (Wildman–Crippen LogP) is 4.07. The first-order chi connectivity index (χ1) is 14.2. The molecule has 0 bridgehead atoms. The highest BCUT2D eigenvalue weighted by Gasteiger charge is 2.25. The van der Waals surface area contributed by atoms with Gasteiger partial charge in [0.15, 0.2) is 0 Å². The summed E-state index contributed by atoms with van der Waals surface area (Å²) in [6.07, 6.45) is 6.48. The molecular weight excluding hydrogens is 382 g/mol. The highest BCUT2D eigenvalue weighted by atomic mass is 16.5. The number of pyridine rings is 1. The van der Waals surface area contributed by atoms with Crippen molar-refractivity contribution in [1.82, 2.24) is 10.3 Å². The molecule has 1 heterocycles. The highest BCUT2D eigenvalue weighted by Crippen LogP contribution is 2.34. The van der Waals surface area contributed by atoms with Crippen LogP contribution in [0.15, 0.2) is 18.2 Å². The van der Waals surface area contributed by atoms with Gasteiger partial charge in [0.2, 0.25) is 5.91 Å². The molecule has 4 N–H and O–H groups in total. The van der Waals surface area contributed by atoms with Crippen molar-refractivity contribution in [1.29, 1.82) is 0 Å². The minimum atomic E-state index is -1.12. The molecule has 7 nitrogen and oxygen atoms in total. The Hall–Kier alpha value is -2.83. The second-order valence-corrected chi connectivity index (χ2v) is 8.87. The lowest BCUT2D eigenvalue weighted by Gasteiger charge is -2.28. The van der Waals surface area contributed by atoms with Crippen molar-refractivity contribution in [2.45, 2.75) is 64.8 Å². The second kappa shape index (κ2) is 8.90. The van der Waals surface area contributed by atoms with Gasteiger partial charge in [-0.05, 0) is 51.7 Å². The molecule has 0 unspecified atom stereocenters. The van der Waals surface area contributed by atoms with Gasteiger partial charge >= 0.3 is 5.97 Å². The fourth-order valence-corrected chi connectivity index (χ4v) is 4.21. The Bertz CT molecular complexity index is 949. The largest absolute Gasteiger partial charge is 0.490 e. The lowest BCUT2D eigenvalue weighted by molar-refractivity contribution is -0.124. The van der Waals surface area contributed by atoms with E-state index in [2.05, 4.69) is 10.3 Å².